The van der Waals surface area contributed by atoms with E-state index in [1.807, 2.05) is 24.3 Å². The predicted molar refractivity (Wildman–Crippen MR) is 78.3 cm³/mol. The van der Waals surface area contributed by atoms with Crippen LogP contribution in [-0.2, 0) is 9.63 Å². The lowest BCUT2D eigenvalue weighted by atomic mass is 10.0. The maximum absolute atomic E-state index is 10.2. The molecule has 1 aromatic carbocycles. The van der Waals surface area contributed by atoms with Crippen LogP contribution in [0.25, 0.3) is 0 Å². The van der Waals surface area contributed by atoms with E-state index in [0.29, 0.717) is 10.9 Å². The van der Waals surface area contributed by atoms with Crippen molar-refractivity contribution < 1.29 is 14.7 Å². The van der Waals surface area contributed by atoms with Crippen LogP contribution >= 0.6 is 12.2 Å². The van der Waals surface area contributed by atoms with Crippen LogP contribution in [0.2, 0.25) is 0 Å². The standard InChI is InChI=1S/C13H18N2O3S/c1-9(2)10-5-3-4-6-11(10)15-12(19)7-14-18-8-13(16)17/h3-6,9,14H,7-8H2,1-2H3,(H,15,19)(H,16,17). The van der Waals surface area contributed by atoms with Crippen molar-refractivity contribution in [2.45, 2.75) is 19.8 Å². The molecule has 19 heavy (non-hydrogen) atoms. The van der Waals surface area contributed by atoms with Crippen LogP contribution in [0, 0.1) is 0 Å². The molecule has 104 valence electrons. The summed E-state index contributed by atoms with van der Waals surface area (Å²) < 4.78 is 0. The molecule has 1 aromatic rings. The van der Waals surface area contributed by atoms with Gasteiger partial charge in [0, 0.05) is 5.69 Å². The summed E-state index contributed by atoms with van der Waals surface area (Å²) in [5.74, 6) is -0.640. The highest BCUT2D eigenvalue weighted by Gasteiger charge is 2.07. The van der Waals surface area contributed by atoms with Gasteiger partial charge in [-0.3, -0.25) is 4.84 Å². The van der Waals surface area contributed by atoms with Crippen molar-refractivity contribution in [2.75, 3.05) is 18.5 Å². The van der Waals surface area contributed by atoms with Crippen LogP contribution in [-0.4, -0.2) is 29.2 Å². The number of aliphatic carboxylic acids is 1. The molecule has 0 bridgehead atoms. The van der Waals surface area contributed by atoms with E-state index in [1.54, 1.807) is 0 Å². The van der Waals surface area contributed by atoms with Crippen LogP contribution < -0.4 is 10.8 Å². The van der Waals surface area contributed by atoms with Crippen molar-refractivity contribution in [3.63, 3.8) is 0 Å². The molecule has 0 fully saturated rings. The minimum Gasteiger partial charge on any atom is -0.479 e. The van der Waals surface area contributed by atoms with Gasteiger partial charge < -0.3 is 10.4 Å². The highest BCUT2D eigenvalue weighted by Crippen LogP contribution is 2.23. The average molecular weight is 282 g/mol. The molecule has 1 rings (SSSR count). The van der Waals surface area contributed by atoms with Crippen molar-refractivity contribution in [3.05, 3.63) is 29.8 Å². The highest BCUT2D eigenvalue weighted by atomic mass is 32.1. The number of hydrogen-bond acceptors (Lipinski definition) is 4. The second-order valence-corrected chi connectivity index (χ2v) is 4.79. The van der Waals surface area contributed by atoms with Gasteiger partial charge in [0.05, 0.1) is 11.5 Å². The molecular formula is C13H18N2O3S. The van der Waals surface area contributed by atoms with Crippen molar-refractivity contribution in [2.24, 2.45) is 0 Å². The first-order chi connectivity index (χ1) is 9.00. The van der Waals surface area contributed by atoms with Crippen LogP contribution in [0.15, 0.2) is 24.3 Å². The summed E-state index contributed by atoms with van der Waals surface area (Å²) >= 11 is 5.16. The summed E-state index contributed by atoms with van der Waals surface area (Å²) in [6.07, 6.45) is 0. The minimum atomic E-state index is -1.03. The number of nitrogens with one attached hydrogen (secondary N) is 2. The monoisotopic (exact) mass is 282 g/mol. The third-order valence-corrected chi connectivity index (χ3v) is 2.63. The Bertz CT molecular complexity index is 449. The van der Waals surface area contributed by atoms with E-state index in [2.05, 4.69) is 24.6 Å². The Morgan fingerprint density at radius 1 is 1.42 bits per heavy atom. The molecule has 0 aliphatic carbocycles. The number of carboxylic acid groups (broad SMARTS) is 1. The molecule has 0 saturated carbocycles. The summed E-state index contributed by atoms with van der Waals surface area (Å²) in [5.41, 5.74) is 4.64. The van der Waals surface area contributed by atoms with Gasteiger partial charge >= 0.3 is 5.97 Å². The zero-order chi connectivity index (χ0) is 14.3. The molecule has 0 saturated heterocycles. The Labute approximate surface area is 117 Å². The largest absolute Gasteiger partial charge is 0.479 e. The van der Waals surface area contributed by atoms with Gasteiger partial charge in [0.1, 0.15) is 0 Å². The first-order valence-corrected chi connectivity index (χ1v) is 6.36. The Morgan fingerprint density at radius 3 is 2.74 bits per heavy atom. The summed E-state index contributed by atoms with van der Waals surface area (Å²) in [5, 5.41) is 11.5. The van der Waals surface area contributed by atoms with E-state index >= 15 is 0 Å². The van der Waals surface area contributed by atoms with E-state index in [9.17, 15) is 4.79 Å². The Morgan fingerprint density at radius 2 is 2.11 bits per heavy atom. The fraction of sp³-hybridized carbons (Fsp3) is 0.385. The fourth-order valence-corrected chi connectivity index (χ4v) is 1.71. The van der Waals surface area contributed by atoms with Crippen molar-refractivity contribution >= 4 is 28.9 Å². The molecule has 0 unspecified atom stereocenters. The third kappa shape index (κ3) is 5.78. The lowest BCUT2D eigenvalue weighted by Gasteiger charge is -2.15. The second-order valence-electron chi connectivity index (χ2n) is 4.29. The molecule has 0 radical (unpaired) electrons. The fourth-order valence-electron chi connectivity index (χ4n) is 1.54. The van der Waals surface area contributed by atoms with Crippen molar-refractivity contribution in [1.29, 1.82) is 0 Å². The minimum absolute atomic E-state index is 0.259. The molecule has 5 nitrogen and oxygen atoms in total. The number of rotatable bonds is 7. The van der Waals surface area contributed by atoms with Crippen LogP contribution in [0.5, 0.6) is 0 Å². The van der Waals surface area contributed by atoms with Crippen molar-refractivity contribution in [1.82, 2.24) is 5.48 Å². The van der Waals surface area contributed by atoms with Gasteiger partial charge in [-0.25, -0.2) is 4.79 Å². The number of carbonyl (C=O) groups is 1. The lowest BCUT2D eigenvalue weighted by molar-refractivity contribution is -0.144. The average Bonchev–Trinajstić information content (AvgIpc) is 2.35. The van der Waals surface area contributed by atoms with E-state index in [4.69, 9.17) is 22.2 Å². The first-order valence-electron chi connectivity index (χ1n) is 5.96. The summed E-state index contributed by atoms with van der Waals surface area (Å²) in [7, 11) is 0. The van der Waals surface area contributed by atoms with Crippen LogP contribution in [0.1, 0.15) is 25.3 Å². The molecule has 6 heteroatoms. The van der Waals surface area contributed by atoms with Gasteiger partial charge in [0.25, 0.3) is 0 Å². The molecular weight excluding hydrogens is 264 g/mol. The van der Waals surface area contributed by atoms with Crippen LogP contribution in [0.3, 0.4) is 0 Å². The van der Waals surface area contributed by atoms with E-state index in [0.717, 1.165) is 5.69 Å². The molecule has 3 N–H and O–H groups in total. The number of hydroxylamine groups is 1. The zero-order valence-electron chi connectivity index (χ0n) is 11.0. The summed E-state index contributed by atoms with van der Waals surface area (Å²) in [4.78, 5) is 15.5. The Balaban J connectivity index is 2.46. The highest BCUT2D eigenvalue weighted by molar-refractivity contribution is 7.80. The molecule has 0 aliphatic rings. The van der Waals surface area contributed by atoms with Gasteiger partial charge in [-0.2, -0.15) is 5.48 Å². The topological polar surface area (TPSA) is 70.6 Å². The third-order valence-electron chi connectivity index (χ3n) is 2.39. The van der Waals surface area contributed by atoms with Gasteiger partial charge in [-0.05, 0) is 17.5 Å². The Hall–Kier alpha value is -1.50. The maximum atomic E-state index is 10.2. The van der Waals surface area contributed by atoms with E-state index in [1.165, 1.54) is 5.56 Å². The van der Waals surface area contributed by atoms with Gasteiger partial charge in [-0.15, -0.1) is 0 Å². The molecule has 0 spiro atoms. The lowest BCUT2D eigenvalue weighted by Crippen LogP contribution is -2.29. The maximum Gasteiger partial charge on any atom is 0.331 e. The first kappa shape index (κ1) is 15.6. The number of benzene rings is 1. The predicted octanol–water partition coefficient (Wildman–Crippen LogP) is 2.16. The normalized spacial score (nSPS) is 10.5. The molecule has 0 atom stereocenters. The quantitative estimate of drug-likeness (QED) is 0.404. The van der Waals surface area contributed by atoms with Crippen LogP contribution in [0.4, 0.5) is 5.69 Å². The van der Waals surface area contributed by atoms with Gasteiger partial charge in [-0.1, -0.05) is 44.3 Å². The summed E-state index contributed by atoms with van der Waals surface area (Å²) in [6.45, 7) is 4.08. The SMILES string of the molecule is CC(C)c1ccccc1NC(=S)CNOCC(=O)O. The van der Waals surface area contributed by atoms with Gasteiger partial charge in [0.2, 0.25) is 0 Å². The smallest absolute Gasteiger partial charge is 0.331 e. The second kappa shape index (κ2) is 7.83. The zero-order valence-corrected chi connectivity index (χ0v) is 11.8. The molecule has 0 heterocycles. The number of carboxylic acids is 1. The van der Waals surface area contributed by atoms with Gasteiger partial charge in [0.15, 0.2) is 6.61 Å². The number of hydrogen-bond donors (Lipinski definition) is 3. The number of thiocarbonyl (C=S) groups is 1. The Kier molecular flexibility index (Phi) is 6.41. The number of para-hydroxylation sites is 1. The number of anilines is 1. The van der Waals surface area contributed by atoms with E-state index < -0.39 is 12.6 Å². The van der Waals surface area contributed by atoms with Crippen molar-refractivity contribution in [3.8, 4) is 0 Å². The molecule has 0 aromatic heterocycles. The molecule has 0 amide bonds. The van der Waals surface area contributed by atoms with E-state index in [-0.39, 0.29) is 6.54 Å². The molecule has 0 aliphatic heterocycles. The summed E-state index contributed by atoms with van der Waals surface area (Å²) in [6, 6.07) is 7.92.